The lowest BCUT2D eigenvalue weighted by Gasteiger charge is -2.40. The molecule has 4 rings (SSSR count). The van der Waals surface area contributed by atoms with Crippen LogP contribution >= 0.6 is 23.1 Å². The predicted octanol–water partition coefficient (Wildman–Crippen LogP) is 3.25. The smallest absolute Gasteiger partial charge is 0.263 e. The summed E-state index contributed by atoms with van der Waals surface area (Å²) in [5, 5.41) is 0. The third-order valence-electron chi connectivity index (χ3n) is 5.40. The van der Waals surface area contributed by atoms with Gasteiger partial charge in [-0.2, -0.15) is 11.8 Å². The predicted molar refractivity (Wildman–Crippen MR) is 100 cm³/mol. The van der Waals surface area contributed by atoms with Gasteiger partial charge in [0.15, 0.2) is 0 Å². The van der Waals surface area contributed by atoms with Crippen LogP contribution in [0.4, 0.5) is 0 Å². The molecular formula is C18H26N2O2S2. The number of hydrogen-bond acceptors (Lipinski definition) is 5. The fourth-order valence-corrected chi connectivity index (χ4v) is 5.97. The van der Waals surface area contributed by atoms with Crippen molar-refractivity contribution in [3.63, 3.8) is 0 Å². The highest BCUT2D eigenvalue weighted by Crippen LogP contribution is 2.34. The van der Waals surface area contributed by atoms with Crippen molar-refractivity contribution in [2.24, 2.45) is 0 Å². The van der Waals surface area contributed by atoms with Gasteiger partial charge in [-0.05, 0) is 37.8 Å². The van der Waals surface area contributed by atoms with Gasteiger partial charge in [0.25, 0.3) is 5.91 Å². The van der Waals surface area contributed by atoms with E-state index in [4.69, 9.17) is 4.74 Å². The number of nitrogens with zero attached hydrogens (tertiary/aromatic N) is 2. The van der Waals surface area contributed by atoms with E-state index in [0.717, 1.165) is 50.3 Å². The van der Waals surface area contributed by atoms with Crippen molar-refractivity contribution in [2.45, 2.75) is 37.8 Å². The molecule has 4 heterocycles. The highest BCUT2D eigenvalue weighted by atomic mass is 32.2. The van der Waals surface area contributed by atoms with Gasteiger partial charge < -0.3 is 9.64 Å². The molecule has 0 aromatic carbocycles. The molecule has 1 aromatic rings. The summed E-state index contributed by atoms with van der Waals surface area (Å²) in [6.07, 6.45) is 4.70. The molecule has 24 heavy (non-hydrogen) atoms. The zero-order valence-corrected chi connectivity index (χ0v) is 15.7. The van der Waals surface area contributed by atoms with Crippen LogP contribution < -0.4 is 0 Å². The second-order valence-corrected chi connectivity index (χ2v) is 9.22. The molecule has 0 saturated carbocycles. The molecule has 132 valence electrons. The lowest BCUT2D eigenvalue weighted by molar-refractivity contribution is 0.0635. The Morgan fingerprint density at radius 1 is 1.08 bits per heavy atom. The van der Waals surface area contributed by atoms with E-state index in [9.17, 15) is 4.79 Å². The largest absolute Gasteiger partial charge is 0.373 e. The molecule has 4 nitrogen and oxygen atoms in total. The Morgan fingerprint density at radius 2 is 1.88 bits per heavy atom. The molecule has 0 bridgehead atoms. The lowest BCUT2D eigenvalue weighted by Crippen LogP contribution is -2.48. The van der Waals surface area contributed by atoms with Crippen molar-refractivity contribution in [3.8, 4) is 0 Å². The van der Waals surface area contributed by atoms with Crippen LogP contribution in [0.15, 0.2) is 12.1 Å². The molecule has 3 aliphatic rings. The second-order valence-electron chi connectivity index (χ2n) is 6.88. The van der Waals surface area contributed by atoms with E-state index in [1.54, 1.807) is 11.3 Å². The first-order valence-corrected chi connectivity index (χ1v) is 11.1. The summed E-state index contributed by atoms with van der Waals surface area (Å²) in [5.74, 6) is 2.75. The van der Waals surface area contributed by atoms with E-state index in [-0.39, 0.29) is 12.0 Å². The van der Waals surface area contributed by atoms with Crippen molar-refractivity contribution in [1.29, 1.82) is 0 Å². The van der Waals surface area contributed by atoms with Gasteiger partial charge in [0.1, 0.15) is 0 Å². The van der Waals surface area contributed by atoms with Crippen LogP contribution in [-0.2, 0) is 4.74 Å². The quantitative estimate of drug-likeness (QED) is 0.822. The normalized spacial score (nSPS) is 26.8. The summed E-state index contributed by atoms with van der Waals surface area (Å²) in [6, 6.07) is 4.77. The van der Waals surface area contributed by atoms with Gasteiger partial charge in [-0.3, -0.25) is 9.69 Å². The van der Waals surface area contributed by atoms with Gasteiger partial charge in [-0.15, -0.1) is 11.3 Å². The third kappa shape index (κ3) is 3.66. The van der Waals surface area contributed by atoms with Crippen molar-refractivity contribution < 1.29 is 9.53 Å². The Bertz CT molecular complexity index is 557. The van der Waals surface area contributed by atoms with E-state index in [0.29, 0.717) is 6.04 Å². The first-order chi connectivity index (χ1) is 11.8. The van der Waals surface area contributed by atoms with Gasteiger partial charge in [0.05, 0.1) is 11.0 Å². The summed E-state index contributed by atoms with van der Waals surface area (Å²) in [5.41, 5.74) is 0. The topological polar surface area (TPSA) is 32.8 Å². The zero-order chi connectivity index (χ0) is 16.4. The summed E-state index contributed by atoms with van der Waals surface area (Å²) >= 11 is 3.69. The monoisotopic (exact) mass is 366 g/mol. The highest BCUT2D eigenvalue weighted by molar-refractivity contribution is 7.99. The Hall–Kier alpha value is -0.560. The standard InChI is InChI=1S/C18H26N2O2S2/c21-18(17-4-3-16(24-17)15-2-1-11-22-15)20-7-5-14(6-8-20)19-9-12-23-13-10-19/h3-4,14-15H,1-2,5-13H2/t15-/m0/s1. The van der Waals surface area contributed by atoms with Crippen LogP contribution in [0, 0.1) is 0 Å². The molecule has 3 fully saturated rings. The van der Waals surface area contributed by atoms with Crippen LogP contribution in [0.25, 0.3) is 0 Å². The number of ether oxygens (including phenoxy) is 1. The van der Waals surface area contributed by atoms with Crippen molar-refractivity contribution >= 4 is 29.0 Å². The van der Waals surface area contributed by atoms with Gasteiger partial charge in [-0.1, -0.05) is 0 Å². The van der Waals surface area contributed by atoms with Gasteiger partial charge in [0.2, 0.25) is 0 Å². The van der Waals surface area contributed by atoms with Crippen LogP contribution in [0.3, 0.4) is 0 Å². The molecule has 0 spiro atoms. The number of hydrogen-bond donors (Lipinski definition) is 0. The van der Waals surface area contributed by atoms with Crippen LogP contribution in [0.5, 0.6) is 0 Å². The molecule has 1 atom stereocenters. The van der Waals surface area contributed by atoms with E-state index in [1.807, 2.05) is 6.07 Å². The molecule has 0 N–H and O–H groups in total. The van der Waals surface area contributed by atoms with Crippen LogP contribution in [0.2, 0.25) is 0 Å². The number of thiophene rings is 1. The lowest BCUT2D eigenvalue weighted by atomic mass is 10.0. The average Bonchev–Trinajstić information content (AvgIpc) is 3.33. The second kappa shape index (κ2) is 7.77. The van der Waals surface area contributed by atoms with Gasteiger partial charge in [-0.25, -0.2) is 0 Å². The third-order valence-corrected chi connectivity index (χ3v) is 7.51. The molecule has 0 radical (unpaired) electrons. The first-order valence-electron chi connectivity index (χ1n) is 9.13. The van der Waals surface area contributed by atoms with Crippen molar-refractivity contribution in [3.05, 3.63) is 21.9 Å². The number of thioether (sulfide) groups is 1. The molecule has 1 aromatic heterocycles. The minimum Gasteiger partial charge on any atom is -0.373 e. The molecule has 0 aliphatic carbocycles. The minimum absolute atomic E-state index is 0.219. The maximum atomic E-state index is 12.8. The maximum absolute atomic E-state index is 12.8. The van der Waals surface area contributed by atoms with Crippen molar-refractivity contribution in [1.82, 2.24) is 9.80 Å². The summed E-state index contributed by atoms with van der Waals surface area (Å²) in [6.45, 7) is 5.10. The Morgan fingerprint density at radius 3 is 2.58 bits per heavy atom. The molecule has 0 unspecified atom stereocenters. The van der Waals surface area contributed by atoms with Crippen molar-refractivity contribution in [2.75, 3.05) is 44.3 Å². The Balaban J connectivity index is 1.32. The summed E-state index contributed by atoms with van der Waals surface area (Å²) in [4.78, 5) is 19.6. The number of likely N-dealkylation sites (tertiary alicyclic amines) is 1. The number of piperidine rings is 1. The number of amides is 1. The number of carbonyl (C=O) groups is 1. The van der Waals surface area contributed by atoms with Crippen LogP contribution in [0.1, 0.15) is 46.3 Å². The highest BCUT2D eigenvalue weighted by Gasteiger charge is 2.29. The molecule has 1 amide bonds. The molecular weight excluding hydrogens is 340 g/mol. The summed E-state index contributed by atoms with van der Waals surface area (Å²) in [7, 11) is 0. The van der Waals surface area contributed by atoms with E-state index in [1.165, 1.54) is 29.5 Å². The van der Waals surface area contributed by atoms with Gasteiger partial charge >= 0.3 is 0 Å². The SMILES string of the molecule is O=C(c1ccc([C@@H]2CCCO2)s1)N1CCC(N2CCSCC2)CC1. The summed E-state index contributed by atoms with van der Waals surface area (Å²) < 4.78 is 5.74. The van der Waals surface area contributed by atoms with E-state index < -0.39 is 0 Å². The first kappa shape index (κ1) is 16.9. The zero-order valence-electron chi connectivity index (χ0n) is 14.1. The van der Waals surface area contributed by atoms with E-state index in [2.05, 4.69) is 27.6 Å². The maximum Gasteiger partial charge on any atom is 0.263 e. The Labute approximate surface area is 152 Å². The number of carbonyl (C=O) groups excluding carboxylic acids is 1. The molecule has 6 heteroatoms. The fourth-order valence-electron chi connectivity index (χ4n) is 3.98. The molecule has 3 aliphatic heterocycles. The van der Waals surface area contributed by atoms with Crippen LogP contribution in [-0.4, -0.2) is 66.0 Å². The minimum atomic E-state index is 0.219. The Kier molecular flexibility index (Phi) is 5.46. The average molecular weight is 367 g/mol. The fraction of sp³-hybridized carbons (Fsp3) is 0.722. The molecule has 3 saturated heterocycles. The number of rotatable bonds is 3. The van der Waals surface area contributed by atoms with Gasteiger partial charge in [0, 0.05) is 55.2 Å². The van der Waals surface area contributed by atoms with E-state index >= 15 is 0 Å².